The molecule has 1 rings (SSSR count). The summed E-state index contributed by atoms with van der Waals surface area (Å²) in [5.41, 5.74) is 0. The molecule has 0 radical (unpaired) electrons. The Hall–Kier alpha value is -0.540. The van der Waals surface area contributed by atoms with E-state index in [2.05, 4.69) is 42.0 Å². The number of benzene rings is 1. The number of ether oxygens (including phenoxy) is 1. The van der Waals surface area contributed by atoms with Crippen molar-refractivity contribution in [2.24, 2.45) is 5.92 Å². The maximum absolute atomic E-state index is 6.01. The largest absolute Gasteiger partial charge is 0.489 e. The van der Waals surface area contributed by atoms with E-state index in [4.69, 9.17) is 4.74 Å². The summed E-state index contributed by atoms with van der Waals surface area (Å²) in [6, 6.07) is 8.05. The molecule has 1 N–H and O–H groups in total. The van der Waals surface area contributed by atoms with E-state index in [-0.39, 0.29) is 6.10 Å². The molecular weight excluding hydrogens is 290 g/mol. The summed E-state index contributed by atoms with van der Waals surface area (Å²) >= 11 is 3.43. The number of halogens is 1. The van der Waals surface area contributed by atoms with Gasteiger partial charge in [0, 0.05) is 11.0 Å². The SMILES string of the molecule is CCCC(CNCC(C)C)Oc1ccc(Br)cc1. The molecule has 0 aliphatic carbocycles. The lowest BCUT2D eigenvalue weighted by molar-refractivity contribution is 0.185. The van der Waals surface area contributed by atoms with E-state index in [1.165, 1.54) is 0 Å². The molecule has 0 saturated carbocycles. The minimum atomic E-state index is 0.259. The normalized spacial score (nSPS) is 12.7. The van der Waals surface area contributed by atoms with Gasteiger partial charge in [0.1, 0.15) is 11.9 Å². The first-order valence-corrected chi connectivity index (χ1v) is 7.54. The van der Waals surface area contributed by atoms with Crippen molar-refractivity contribution in [1.29, 1.82) is 0 Å². The highest BCUT2D eigenvalue weighted by Gasteiger charge is 2.09. The van der Waals surface area contributed by atoms with Crippen LogP contribution in [0.2, 0.25) is 0 Å². The average molecular weight is 314 g/mol. The molecule has 18 heavy (non-hydrogen) atoms. The maximum Gasteiger partial charge on any atom is 0.119 e. The van der Waals surface area contributed by atoms with Crippen molar-refractivity contribution >= 4 is 15.9 Å². The van der Waals surface area contributed by atoms with Crippen LogP contribution in [-0.4, -0.2) is 19.2 Å². The van der Waals surface area contributed by atoms with Crippen LogP contribution in [0.3, 0.4) is 0 Å². The Kier molecular flexibility index (Phi) is 7.36. The number of nitrogens with one attached hydrogen (secondary N) is 1. The van der Waals surface area contributed by atoms with Gasteiger partial charge in [0.25, 0.3) is 0 Å². The molecule has 1 unspecified atom stereocenters. The highest BCUT2D eigenvalue weighted by Crippen LogP contribution is 2.18. The van der Waals surface area contributed by atoms with Gasteiger partial charge in [-0.3, -0.25) is 0 Å². The summed E-state index contributed by atoms with van der Waals surface area (Å²) in [4.78, 5) is 0. The third-order valence-corrected chi connectivity index (χ3v) is 3.18. The van der Waals surface area contributed by atoms with E-state index in [1.54, 1.807) is 0 Å². The fourth-order valence-corrected chi connectivity index (χ4v) is 2.03. The maximum atomic E-state index is 6.01. The molecule has 0 saturated heterocycles. The predicted molar refractivity (Wildman–Crippen MR) is 81.2 cm³/mol. The van der Waals surface area contributed by atoms with Crippen molar-refractivity contribution in [2.45, 2.75) is 39.7 Å². The summed E-state index contributed by atoms with van der Waals surface area (Å²) in [5, 5.41) is 3.47. The van der Waals surface area contributed by atoms with Crippen LogP contribution >= 0.6 is 15.9 Å². The predicted octanol–water partition coefficient (Wildman–Crippen LogP) is 4.24. The van der Waals surface area contributed by atoms with Crippen molar-refractivity contribution in [3.63, 3.8) is 0 Å². The highest BCUT2D eigenvalue weighted by atomic mass is 79.9. The molecule has 0 aliphatic heterocycles. The van der Waals surface area contributed by atoms with Gasteiger partial charge in [0.05, 0.1) is 0 Å². The lowest BCUT2D eigenvalue weighted by atomic mass is 10.2. The van der Waals surface area contributed by atoms with E-state index >= 15 is 0 Å². The van der Waals surface area contributed by atoms with Crippen molar-refractivity contribution in [3.8, 4) is 5.75 Å². The first-order valence-electron chi connectivity index (χ1n) is 6.74. The molecule has 0 bridgehead atoms. The van der Waals surface area contributed by atoms with E-state index < -0.39 is 0 Å². The molecule has 3 heteroatoms. The van der Waals surface area contributed by atoms with Gasteiger partial charge < -0.3 is 10.1 Å². The fourth-order valence-electron chi connectivity index (χ4n) is 1.76. The Morgan fingerprint density at radius 3 is 2.39 bits per heavy atom. The van der Waals surface area contributed by atoms with Crippen LogP contribution in [0.1, 0.15) is 33.6 Å². The van der Waals surface area contributed by atoms with Crippen molar-refractivity contribution in [1.82, 2.24) is 5.32 Å². The second kappa shape index (κ2) is 8.54. The van der Waals surface area contributed by atoms with Gasteiger partial charge in [0.2, 0.25) is 0 Å². The van der Waals surface area contributed by atoms with Crippen LogP contribution in [0.5, 0.6) is 5.75 Å². The van der Waals surface area contributed by atoms with Crippen LogP contribution in [0, 0.1) is 5.92 Å². The fraction of sp³-hybridized carbons (Fsp3) is 0.600. The van der Waals surface area contributed by atoms with Gasteiger partial charge in [-0.2, -0.15) is 0 Å². The van der Waals surface area contributed by atoms with Gasteiger partial charge in [-0.05, 0) is 43.1 Å². The minimum Gasteiger partial charge on any atom is -0.489 e. The first kappa shape index (κ1) is 15.5. The molecule has 0 spiro atoms. The summed E-state index contributed by atoms with van der Waals surface area (Å²) < 4.78 is 7.09. The zero-order valence-corrected chi connectivity index (χ0v) is 13.2. The van der Waals surface area contributed by atoms with Crippen LogP contribution in [-0.2, 0) is 0 Å². The van der Waals surface area contributed by atoms with Crippen molar-refractivity contribution in [3.05, 3.63) is 28.7 Å². The summed E-state index contributed by atoms with van der Waals surface area (Å²) in [5.74, 6) is 1.63. The average Bonchev–Trinajstić information content (AvgIpc) is 2.32. The first-order chi connectivity index (χ1) is 8.61. The molecular formula is C15H24BrNO. The molecule has 0 aromatic heterocycles. The molecule has 0 fully saturated rings. The van der Waals surface area contributed by atoms with Crippen LogP contribution in [0.25, 0.3) is 0 Å². The quantitative estimate of drug-likeness (QED) is 0.775. The Bertz CT molecular complexity index is 324. The third kappa shape index (κ3) is 6.41. The number of rotatable bonds is 8. The summed E-state index contributed by atoms with van der Waals surface area (Å²) in [6.45, 7) is 8.60. The molecule has 0 heterocycles. The molecule has 0 aliphatic rings. The van der Waals surface area contributed by atoms with E-state index in [9.17, 15) is 0 Å². The van der Waals surface area contributed by atoms with Gasteiger partial charge in [-0.1, -0.05) is 43.1 Å². The van der Waals surface area contributed by atoms with E-state index in [1.807, 2.05) is 24.3 Å². The Balaban J connectivity index is 2.43. The second-order valence-electron chi connectivity index (χ2n) is 5.03. The summed E-state index contributed by atoms with van der Waals surface area (Å²) in [7, 11) is 0. The van der Waals surface area contributed by atoms with Crippen molar-refractivity contribution < 1.29 is 4.74 Å². The standard InChI is InChI=1S/C15H24BrNO/c1-4-5-15(11-17-10-12(2)3)18-14-8-6-13(16)7-9-14/h6-9,12,15,17H,4-5,10-11H2,1-3H3. The van der Waals surface area contributed by atoms with Gasteiger partial charge >= 0.3 is 0 Å². The van der Waals surface area contributed by atoms with E-state index in [0.29, 0.717) is 5.92 Å². The molecule has 102 valence electrons. The molecule has 1 atom stereocenters. The molecule has 2 nitrogen and oxygen atoms in total. The highest BCUT2D eigenvalue weighted by molar-refractivity contribution is 9.10. The Labute approximate surface area is 119 Å². The lowest BCUT2D eigenvalue weighted by Crippen LogP contribution is -2.33. The Morgan fingerprint density at radius 2 is 1.83 bits per heavy atom. The molecule has 0 amide bonds. The Morgan fingerprint density at radius 1 is 1.17 bits per heavy atom. The van der Waals surface area contributed by atoms with Crippen LogP contribution in [0.4, 0.5) is 0 Å². The van der Waals surface area contributed by atoms with Gasteiger partial charge in [-0.15, -0.1) is 0 Å². The van der Waals surface area contributed by atoms with Crippen LogP contribution in [0.15, 0.2) is 28.7 Å². The topological polar surface area (TPSA) is 21.3 Å². The minimum absolute atomic E-state index is 0.259. The number of hydrogen-bond donors (Lipinski definition) is 1. The summed E-state index contributed by atoms with van der Waals surface area (Å²) in [6.07, 6.45) is 2.49. The molecule has 1 aromatic carbocycles. The smallest absolute Gasteiger partial charge is 0.119 e. The third-order valence-electron chi connectivity index (χ3n) is 2.65. The monoisotopic (exact) mass is 313 g/mol. The van der Waals surface area contributed by atoms with Gasteiger partial charge in [-0.25, -0.2) is 0 Å². The second-order valence-corrected chi connectivity index (χ2v) is 5.95. The zero-order chi connectivity index (χ0) is 13.4. The zero-order valence-electron chi connectivity index (χ0n) is 11.6. The lowest BCUT2D eigenvalue weighted by Gasteiger charge is -2.20. The number of hydrogen-bond acceptors (Lipinski definition) is 2. The van der Waals surface area contributed by atoms with Gasteiger partial charge in [0.15, 0.2) is 0 Å². The van der Waals surface area contributed by atoms with Crippen LogP contribution < -0.4 is 10.1 Å². The van der Waals surface area contributed by atoms with Crippen molar-refractivity contribution in [2.75, 3.05) is 13.1 Å². The van der Waals surface area contributed by atoms with E-state index in [0.717, 1.165) is 36.2 Å². The molecule has 1 aromatic rings.